The Morgan fingerprint density at radius 1 is 0.971 bits per heavy atom. The topological polar surface area (TPSA) is 78.9 Å². The van der Waals surface area contributed by atoms with Gasteiger partial charge in [0.1, 0.15) is 0 Å². The summed E-state index contributed by atoms with van der Waals surface area (Å²) >= 11 is 0. The SMILES string of the molecule is COc1ccc(C2CC(=O)C3=C(C2)Nc2cc4c(cc2C3c2ccccn2)OCO4)cc1OC. The molecule has 0 bridgehead atoms. The van der Waals surface area contributed by atoms with Crippen molar-refractivity contribution in [1.82, 2.24) is 4.98 Å². The van der Waals surface area contributed by atoms with Gasteiger partial charge >= 0.3 is 0 Å². The molecule has 0 amide bonds. The number of nitrogens with one attached hydrogen (secondary N) is 1. The Morgan fingerprint density at radius 3 is 2.56 bits per heavy atom. The van der Waals surface area contributed by atoms with Crippen molar-refractivity contribution in [2.45, 2.75) is 24.7 Å². The fraction of sp³-hybridized carbons (Fsp3) is 0.259. The van der Waals surface area contributed by atoms with Crippen molar-refractivity contribution in [3.05, 3.63) is 82.8 Å². The Labute approximate surface area is 197 Å². The van der Waals surface area contributed by atoms with Crippen LogP contribution in [0.15, 0.2) is 66.0 Å². The number of benzene rings is 2. The number of anilines is 1. The lowest BCUT2D eigenvalue weighted by Gasteiger charge is -2.36. The van der Waals surface area contributed by atoms with Crippen molar-refractivity contribution in [2.75, 3.05) is 26.3 Å². The minimum absolute atomic E-state index is 0.0264. The number of ketones is 1. The average molecular weight is 456 g/mol. The van der Waals surface area contributed by atoms with E-state index in [1.807, 2.05) is 48.5 Å². The van der Waals surface area contributed by atoms with Crippen LogP contribution < -0.4 is 24.3 Å². The van der Waals surface area contributed by atoms with Crippen molar-refractivity contribution in [1.29, 1.82) is 0 Å². The van der Waals surface area contributed by atoms with Crippen molar-refractivity contribution in [3.8, 4) is 23.0 Å². The molecule has 1 aromatic heterocycles. The summed E-state index contributed by atoms with van der Waals surface area (Å²) in [5, 5.41) is 3.55. The highest BCUT2D eigenvalue weighted by Gasteiger charge is 2.40. The molecule has 2 atom stereocenters. The predicted molar refractivity (Wildman–Crippen MR) is 126 cm³/mol. The first-order valence-electron chi connectivity index (χ1n) is 11.3. The first kappa shape index (κ1) is 20.6. The molecule has 172 valence electrons. The molecular formula is C27H24N2O5. The van der Waals surface area contributed by atoms with Gasteiger partial charge in [-0.05, 0) is 53.8 Å². The van der Waals surface area contributed by atoms with Crippen LogP contribution in [0.4, 0.5) is 5.69 Å². The van der Waals surface area contributed by atoms with Crippen LogP contribution in [0.1, 0.15) is 41.5 Å². The van der Waals surface area contributed by atoms with Gasteiger partial charge in [-0.3, -0.25) is 9.78 Å². The lowest BCUT2D eigenvalue weighted by atomic mass is 9.73. The number of fused-ring (bicyclic) bond motifs is 2. The number of carbonyl (C=O) groups excluding carboxylic acids is 1. The summed E-state index contributed by atoms with van der Waals surface area (Å²) < 4.78 is 22.1. The maximum atomic E-state index is 13.7. The van der Waals surface area contributed by atoms with Crippen LogP contribution >= 0.6 is 0 Å². The number of Topliss-reactive ketones (excluding diaryl/α,β-unsaturated/α-hetero) is 1. The Morgan fingerprint density at radius 2 is 1.79 bits per heavy atom. The molecule has 7 nitrogen and oxygen atoms in total. The highest BCUT2D eigenvalue weighted by Crippen LogP contribution is 2.51. The van der Waals surface area contributed by atoms with E-state index in [9.17, 15) is 4.79 Å². The molecule has 2 aromatic carbocycles. The summed E-state index contributed by atoms with van der Waals surface area (Å²) in [5.41, 5.74) is 5.48. The summed E-state index contributed by atoms with van der Waals surface area (Å²) in [7, 11) is 3.24. The smallest absolute Gasteiger partial charge is 0.231 e. The summed E-state index contributed by atoms with van der Waals surface area (Å²) in [6.45, 7) is 0.194. The maximum Gasteiger partial charge on any atom is 0.231 e. The van der Waals surface area contributed by atoms with Crippen LogP contribution in [0, 0.1) is 0 Å². The molecule has 0 radical (unpaired) electrons. The fourth-order valence-corrected chi connectivity index (χ4v) is 5.20. The standard InChI is InChI=1S/C27H24N2O5/c1-31-22-7-6-15(11-23(22)32-2)16-9-20-27(21(30)10-16)26(18-5-3-4-8-28-18)17-12-24-25(34-14-33-24)13-19(17)29-20/h3-8,11-13,16,26,29H,9-10,14H2,1-2H3. The van der Waals surface area contributed by atoms with Crippen molar-refractivity contribution < 1.29 is 23.7 Å². The van der Waals surface area contributed by atoms with E-state index < -0.39 is 0 Å². The highest BCUT2D eigenvalue weighted by molar-refractivity contribution is 6.01. The van der Waals surface area contributed by atoms with Crippen LogP contribution in [0.5, 0.6) is 23.0 Å². The molecule has 0 spiro atoms. The van der Waals surface area contributed by atoms with Gasteiger partial charge in [0.05, 0.1) is 25.8 Å². The van der Waals surface area contributed by atoms with E-state index in [2.05, 4.69) is 10.3 Å². The number of pyridine rings is 1. The number of rotatable bonds is 4. The van der Waals surface area contributed by atoms with E-state index >= 15 is 0 Å². The van der Waals surface area contributed by atoms with Gasteiger partial charge in [0.25, 0.3) is 0 Å². The van der Waals surface area contributed by atoms with Gasteiger partial charge in [0.15, 0.2) is 28.8 Å². The van der Waals surface area contributed by atoms with Crippen LogP contribution in [-0.2, 0) is 4.79 Å². The second kappa shape index (κ2) is 8.09. The molecule has 6 rings (SSSR count). The average Bonchev–Trinajstić information content (AvgIpc) is 3.33. The summed E-state index contributed by atoms with van der Waals surface area (Å²) in [6, 6.07) is 15.6. The quantitative estimate of drug-likeness (QED) is 0.605. The normalized spacial score (nSPS) is 20.4. The first-order chi connectivity index (χ1) is 16.7. The second-order valence-electron chi connectivity index (χ2n) is 8.64. The molecule has 2 unspecified atom stereocenters. The predicted octanol–water partition coefficient (Wildman–Crippen LogP) is 4.79. The third-order valence-electron chi connectivity index (χ3n) is 6.80. The van der Waals surface area contributed by atoms with Crippen molar-refractivity contribution in [3.63, 3.8) is 0 Å². The molecule has 1 aliphatic carbocycles. The number of nitrogens with zero attached hydrogens (tertiary/aromatic N) is 1. The molecule has 3 heterocycles. The number of allylic oxidation sites excluding steroid dienone is 2. The number of aromatic nitrogens is 1. The molecular weight excluding hydrogens is 432 g/mol. The van der Waals surface area contributed by atoms with E-state index in [1.54, 1.807) is 20.4 Å². The minimum Gasteiger partial charge on any atom is -0.493 e. The van der Waals surface area contributed by atoms with E-state index in [4.69, 9.17) is 18.9 Å². The van der Waals surface area contributed by atoms with Crippen LogP contribution in [0.2, 0.25) is 0 Å². The third-order valence-corrected chi connectivity index (χ3v) is 6.80. The lowest BCUT2D eigenvalue weighted by Crippen LogP contribution is -2.30. The molecule has 0 saturated carbocycles. The monoisotopic (exact) mass is 456 g/mol. The number of hydrogen-bond donors (Lipinski definition) is 1. The largest absolute Gasteiger partial charge is 0.493 e. The van der Waals surface area contributed by atoms with E-state index in [1.165, 1.54) is 0 Å². The summed E-state index contributed by atoms with van der Waals surface area (Å²) in [4.78, 5) is 18.3. The number of hydrogen-bond acceptors (Lipinski definition) is 7. The Bertz CT molecular complexity index is 1320. The molecule has 3 aliphatic rings. The molecule has 0 saturated heterocycles. The Hall–Kier alpha value is -4.00. The molecule has 2 aliphatic heterocycles. The van der Waals surface area contributed by atoms with Gasteiger partial charge in [-0.25, -0.2) is 0 Å². The van der Waals surface area contributed by atoms with Gasteiger partial charge in [-0.1, -0.05) is 12.1 Å². The summed E-state index contributed by atoms with van der Waals surface area (Å²) in [5.74, 6) is 2.61. The van der Waals surface area contributed by atoms with Crippen molar-refractivity contribution in [2.24, 2.45) is 0 Å². The van der Waals surface area contributed by atoms with Gasteiger partial charge < -0.3 is 24.3 Å². The maximum absolute atomic E-state index is 13.7. The zero-order valence-electron chi connectivity index (χ0n) is 19.0. The first-order valence-corrected chi connectivity index (χ1v) is 11.3. The molecule has 1 N–H and O–H groups in total. The molecule has 7 heteroatoms. The van der Waals surface area contributed by atoms with Crippen LogP contribution in [-0.4, -0.2) is 31.8 Å². The highest BCUT2D eigenvalue weighted by atomic mass is 16.7. The minimum atomic E-state index is -0.263. The zero-order valence-corrected chi connectivity index (χ0v) is 19.0. The Kier molecular flexibility index (Phi) is 4.90. The molecule has 34 heavy (non-hydrogen) atoms. The van der Waals surface area contributed by atoms with Gasteiger partial charge in [0, 0.05) is 35.6 Å². The van der Waals surface area contributed by atoms with Gasteiger partial charge in [0.2, 0.25) is 6.79 Å². The van der Waals surface area contributed by atoms with E-state index in [0.29, 0.717) is 35.8 Å². The van der Waals surface area contributed by atoms with Crippen LogP contribution in [0.25, 0.3) is 0 Å². The third kappa shape index (κ3) is 3.27. The van der Waals surface area contributed by atoms with E-state index in [0.717, 1.165) is 33.8 Å². The van der Waals surface area contributed by atoms with Gasteiger partial charge in [-0.15, -0.1) is 0 Å². The number of carbonyl (C=O) groups is 1. The number of methoxy groups -OCH3 is 2. The lowest BCUT2D eigenvalue weighted by molar-refractivity contribution is -0.116. The summed E-state index contributed by atoms with van der Waals surface area (Å²) in [6.07, 6.45) is 2.89. The number of ether oxygens (including phenoxy) is 4. The Balaban J connectivity index is 1.44. The van der Waals surface area contributed by atoms with Crippen molar-refractivity contribution >= 4 is 11.5 Å². The van der Waals surface area contributed by atoms with E-state index in [-0.39, 0.29) is 24.4 Å². The molecule has 0 fully saturated rings. The second-order valence-corrected chi connectivity index (χ2v) is 8.64. The van der Waals surface area contributed by atoms with Crippen LogP contribution in [0.3, 0.4) is 0 Å². The molecule has 3 aromatic rings. The fourth-order valence-electron chi connectivity index (χ4n) is 5.20. The van der Waals surface area contributed by atoms with Gasteiger partial charge in [-0.2, -0.15) is 0 Å². The zero-order chi connectivity index (χ0) is 23.2.